The summed E-state index contributed by atoms with van der Waals surface area (Å²) in [7, 11) is 0. The first-order chi connectivity index (χ1) is 12.3. The molecule has 25 heavy (non-hydrogen) atoms. The van der Waals surface area contributed by atoms with E-state index in [4.69, 9.17) is 4.42 Å². The number of aromatic amines is 1. The minimum Gasteiger partial charge on any atom is -0.410 e. The van der Waals surface area contributed by atoms with Gasteiger partial charge in [-0.2, -0.15) is 0 Å². The maximum Gasteiger partial charge on any atom is 0.277 e. The Kier molecular flexibility index (Phi) is 4.39. The van der Waals surface area contributed by atoms with Gasteiger partial charge in [-0.25, -0.2) is 0 Å². The SMILES string of the molecule is Cc1ccccc1C(Sc1nnc(-c2ccc[nH]2)o1)c1ccccc1. The Hall–Kier alpha value is -2.79. The van der Waals surface area contributed by atoms with Gasteiger partial charge in [-0.05, 0) is 35.7 Å². The highest BCUT2D eigenvalue weighted by Gasteiger charge is 2.21. The summed E-state index contributed by atoms with van der Waals surface area (Å²) in [5.74, 6) is 0.504. The van der Waals surface area contributed by atoms with Crippen LogP contribution in [0.3, 0.4) is 0 Å². The van der Waals surface area contributed by atoms with E-state index in [1.807, 2.05) is 24.4 Å². The Bertz CT molecular complexity index is 948. The molecule has 124 valence electrons. The van der Waals surface area contributed by atoms with E-state index in [0.29, 0.717) is 11.1 Å². The number of nitrogens with zero attached hydrogens (tertiary/aromatic N) is 2. The number of rotatable bonds is 5. The monoisotopic (exact) mass is 347 g/mol. The minimum atomic E-state index is 0.0966. The number of thioether (sulfide) groups is 1. The summed E-state index contributed by atoms with van der Waals surface area (Å²) in [6.45, 7) is 2.13. The molecule has 1 unspecified atom stereocenters. The second kappa shape index (κ2) is 6.99. The van der Waals surface area contributed by atoms with Gasteiger partial charge in [-0.15, -0.1) is 10.2 Å². The van der Waals surface area contributed by atoms with Crippen molar-refractivity contribution in [3.63, 3.8) is 0 Å². The third-order valence-corrected chi connectivity index (χ3v) is 5.16. The van der Waals surface area contributed by atoms with E-state index in [9.17, 15) is 0 Å². The molecule has 0 aliphatic heterocycles. The highest BCUT2D eigenvalue weighted by molar-refractivity contribution is 7.99. The van der Waals surface area contributed by atoms with Crippen molar-refractivity contribution >= 4 is 11.8 Å². The van der Waals surface area contributed by atoms with Crippen LogP contribution in [0.25, 0.3) is 11.6 Å². The van der Waals surface area contributed by atoms with Gasteiger partial charge in [-0.3, -0.25) is 0 Å². The first-order valence-corrected chi connectivity index (χ1v) is 8.93. The predicted molar refractivity (Wildman–Crippen MR) is 99.4 cm³/mol. The van der Waals surface area contributed by atoms with Crippen molar-refractivity contribution in [2.75, 3.05) is 0 Å². The van der Waals surface area contributed by atoms with Gasteiger partial charge in [0, 0.05) is 6.20 Å². The quantitative estimate of drug-likeness (QED) is 0.501. The summed E-state index contributed by atoms with van der Waals surface area (Å²) in [5.41, 5.74) is 4.53. The van der Waals surface area contributed by atoms with E-state index in [1.54, 1.807) is 11.8 Å². The molecule has 5 heteroatoms. The number of nitrogens with one attached hydrogen (secondary N) is 1. The molecule has 0 aliphatic rings. The number of hydrogen-bond donors (Lipinski definition) is 1. The zero-order chi connectivity index (χ0) is 17.1. The minimum absolute atomic E-state index is 0.0966. The number of aryl methyl sites for hydroxylation is 1. The molecule has 0 saturated carbocycles. The van der Waals surface area contributed by atoms with Gasteiger partial charge >= 0.3 is 0 Å². The van der Waals surface area contributed by atoms with Crippen LogP contribution in [0.1, 0.15) is 21.9 Å². The summed E-state index contributed by atoms with van der Waals surface area (Å²) < 4.78 is 5.85. The van der Waals surface area contributed by atoms with Crippen LogP contribution in [0.5, 0.6) is 0 Å². The second-order valence-electron chi connectivity index (χ2n) is 5.72. The lowest BCUT2D eigenvalue weighted by Crippen LogP contribution is -1.99. The maximum absolute atomic E-state index is 5.85. The topological polar surface area (TPSA) is 54.7 Å². The van der Waals surface area contributed by atoms with E-state index < -0.39 is 0 Å². The van der Waals surface area contributed by atoms with E-state index in [2.05, 4.69) is 70.6 Å². The fourth-order valence-electron chi connectivity index (χ4n) is 2.75. The molecule has 4 nitrogen and oxygen atoms in total. The largest absolute Gasteiger partial charge is 0.410 e. The smallest absolute Gasteiger partial charge is 0.277 e. The van der Waals surface area contributed by atoms with Crippen molar-refractivity contribution in [3.05, 3.63) is 89.6 Å². The number of benzene rings is 2. The van der Waals surface area contributed by atoms with E-state index in [1.165, 1.54) is 16.7 Å². The molecule has 4 rings (SSSR count). The molecule has 0 saturated heterocycles. The Morgan fingerprint density at radius 3 is 2.48 bits per heavy atom. The maximum atomic E-state index is 5.85. The van der Waals surface area contributed by atoms with Gasteiger partial charge in [0.05, 0.1) is 5.25 Å². The molecule has 1 atom stereocenters. The molecule has 2 aromatic heterocycles. The first-order valence-electron chi connectivity index (χ1n) is 8.05. The molecule has 0 amide bonds. The van der Waals surface area contributed by atoms with E-state index in [0.717, 1.165) is 5.69 Å². The molecule has 0 aliphatic carbocycles. The van der Waals surface area contributed by atoms with Gasteiger partial charge in [-0.1, -0.05) is 66.4 Å². The van der Waals surface area contributed by atoms with Crippen LogP contribution < -0.4 is 0 Å². The van der Waals surface area contributed by atoms with Crippen LogP contribution in [0.4, 0.5) is 0 Å². The van der Waals surface area contributed by atoms with Gasteiger partial charge in [0.1, 0.15) is 5.69 Å². The summed E-state index contributed by atoms with van der Waals surface area (Å²) >= 11 is 1.57. The van der Waals surface area contributed by atoms with Gasteiger partial charge in [0.15, 0.2) is 0 Å². The van der Waals surface area contributed by atoms with Crippen molar-refractivity contribution in [1.82, 2.24) is 15.2 Å². The lowest BCUT2D eigenvalue weighted by atomic mass is 10.0. The number of hydrogen-bond acceptors (Lipinski definition) is 4. The second-order valence-corrected chi connectivity index (χ2v) is 6.78. The fourth-order valence-corrected chi connectivity index (χ4v) is 3.85. The Balaban J connectivity index is 1.69. The van der Waals surface area contributed by atoms with Gasteiger partial charge in [0.25, 0.3) is 11.1 Å². The Morgan fingerprint density at radius 1 is 0.920 bits per heavy atom. The van der Waals surface area contributed by atoms with Crippen LogP contribution in [0.2, 0.25) is 0 Å². The van der Waals surface area contributed by atoms with Crippen molar-refractivity contribution in [3.8, 4) is 11.6 Å². The first kappa shape index (κ1) is 15.7. The van der Waals surface area contributed by atoms with E-state index >= 15 is 0 Å². The zero-order valence-electron chi connectivity index (χ0n) is 13.7. The van der Waals surface area contributed by atoms with Crippen LogP contribution >= 0.6 is 11.8 Å². The highest BCUT2D eigenvalue weighted by atomic mass is 32.2. The van der Waals surface area contributed by atoms with Gasteiger partial charge < -0.3 is 9.40 Å². The summed E-state index contributed by atoms with van der Waals surface area (Å²) in [6, 6.07) is 22.6. The standard InChI is InChI=1S/C20H17N3OS/c1-14-8-5-6-11-16(14)18(15-9-3-2-4-10-15)25-20-23-22-19(24-20)17-12-7-13-21-17/h2-13,18,21H,1H3. The normalized spacial score (nSPS) is 12.2. The molecular weight excluding hydrogens is 330 g/mol. The van der Waals surface area contributed by atoms with Crippen molar-refractivity contribution in [2.45, 2.75) is 17.4 Å². The third-order valence-electron chi connectivity index (χ3n) is 4.03. The molecule has 0 spiro atoms. The molecule has 2 aromatic carbocycles. The summed E-state index contributed by atoms with van der Waals surface area (Å²) in [4.78, 5) is 3.09. The van der Waals surface area contributed by atoms with Crippen LogP contribution in [0.15, 0.2) is 82.6 Å². The van der Waals surface area contributed by atoms with Gasteiger partial charge in [0.2, 0.25) is 0 Å². The molecular formula is C20H17N3OS. The molecule has 0 radical (unpaired) electrons. The number of H-pyrrole nitrogens is 1. The van der Waals surface area contributed by atoms with Crippen LogP contribution in [-0.4, -0.2) is 15.2 Å². The molecule has 2 heterocycles. The van der Waals surface area contributed by atoms with Crippen molar-refractivity contribution in [1.29, 1.82) is 0 Å². The molecule has 0 fully saturated rings. The molecule has 0 bridgehead atoms. The predicted octanol–water partition coefficient (Wildman–Crippen LogP) is 5.25. The molecule has 1 N–H and O–H groups in total. The summed E-state index contributed by atoms with van der Waals surface area (Å²) in [5, 5.41) is 9.03. The Morgan fingerprint density at radius 2 is 1.72 bits per heavy atom. The zero-order valence-corrected chi connectivity index (χ0v) is 14.5. The van der Waals surface area contributed by atoms with E-state index in [-0.39, 0.29) is 5.25 Å². The number of aromatic nitrogens is 3. The fraction of sp³-hybridized carbons (Fsp3) is 0.100. The van der Waals surface area contributed by atoms with Crippen LogP contribution in [-0.2, 0) is 0 Å². The average Bonchev–Trinajstić information content (AvgIpc) is 3.33. The third kappa shape index (κ3) is 3.37. The lowest BCUT2D eigenvalue weighted by molar-refractivity contribution is 0.464. The van der Waals surface area contributed by atoms with Crippen molar-refractivity contribution < 1.29 is 4.42 Å². The summed E-state index contributed by atoms with van der Waals surface area (Å²) in [6.07, 6.45) is 1.84. The lowest BCUT2D eigenvalue weighted by Gasteiger charge is -2.17. The molecule has 4 aromatic rings. The Labute approximate surface area is 150 Å². The average molecular weight is 347 g/mol. The highest BCUT2D eigenvalue weighted by Crippen LogP contribution is 2.41. The van der Waals surface area contributed by atoms with Crippen molar-refractivity contribution in [2.24, 2.45) is 0 Å². The van der Waals surface area contributed by atoms with Crippen LogP contribution in [0, 0.1) is 6.92 Å².